The first-order valence-electron chi connectivity index (χ1n) is 7.96. The van der Waals surface area contributed by atoms with Crippen molar-refractivity contribution in [3.8, 4) is 0 Å². The zero-order valence-corrected chi connectivity index (χ0v) is 13.9. The van der Waals surface area contributed by atoms with Crippen LogP contribution in [0.15, 0.2) is 59.7 Å². The van der Waals surface area contributed by atoms with Gasteiger partial charge in [0, 0.05) is 24.6 Å². The molecule has 0 aliphatic heterocycles. The zero-order valence-electron chi connectivity index (χ0n) is 13.9. The van der Waals surface area contributed by atoms with Crippen LogP contribution in [-0.2, 0) is 4.79 Å². The van der Waals surface area contributed by atoms with Gasteiger partial charge >= 0.3 is 0 Å². The number of nitro benzene ring substituents is 1. The van der Waals surface area contributed by atoms with Gasteiger partial charge < -0.3 is 5.32 Å². The van der Waals surface area contributed by atoms with Crippen LogP contribution in [0.3, 0.4) is 0 Å². The molecule has 0 fully saturated rings. The Hall–Kier alpha value is -3.55. The second-order valence-corrected chi connectivity index (χ2v) is 5.33. The van der Waals surface area contributed by atoms with Crippen LogP contribution >= 0.6 is 0 Å². The van der Waals surface area contributed by atoms with Gasteiger partial charge in [0.05, 0.1) is 16.7 Å². The zero-order chi connectivity index (χ0) is 18.8. The number of hydrazone groups is 1. The van der Waals surface area contributed by atoms with Crippen molar-refractivity contribution in [1.29, 1.82) is 0 Å². The van der Waals surface area contributed by atoms with E-state index in [-0.39, 0.29) is 23.9 Å². The minimum absolute atomic E-state index is 0.0888. The van der Waals surface area contributed by atoms with E-state index in [1.165, 1.54) is 18.3 Å². The number of hydrogen-bond donors (Lipinski definition) is 2. The van der Waals surface area contributed by atoms with Gasteiger partial charge in [0.25, 0.3) is 11.6 Å². The Morgan fingerprint density at radius 3 is 2.50 bits per heavy atom. The van der Waals surface area contributed by atoms with Crippen molar-refractivity contribution in [1.82, 2.24) is 10.7 Å². The Labute approximate surface area is 150 Å². The SMILES string of the molecule is O=C(CCCNC(=O)c1ccccc1)NN=Cc1ccccc1[N+](=O)[O-]. The monoisotopic (exact) mass is 354 g/mol. The van der Waals surface area contributed by atoms with Gasteiger partial charge in [0.1, 0.15) is 0 Å². The molecule has 0 aliphatic carbocycles. The number of benzene rings is 2. The van der Waals surface area contributed by atoms with Gasteiger partial charge in [0.15, 0.2) is 0 Å². The fraction of sp³-hybridized carbons (Fsp3) is 0.167. The first kappa shape index (κ1) is 18.8. The highest BCUT2D eigenvalue weighted by Gasteiger charge is 2.10. The lowest BCUT2D eigenvalue weighted by Gasteiger charge is -2.04. The lowest BCUT2D eigenvalue weighted by atomic mass is 10.2. The van der Waals surface area contributed by atoms with Gasteiger partial charge in [-0.1, -0.05) is 30.3 Å². The lowest BCUT2D eigenvalue weighted by molar-refractivity contribution is -0.385. The van der Waals surface area contributed by atoms with Crippen molar-refractivity contribution in [2.24, 2.45) is 5.10 Å². The summed E-state index contributed by atoms with van der Waals surface area (Å²) in [6, 6.07) is 14.9. The molecule has 0 saturated heterocycles. The molecule has 2 aromatic rings. The molecule has 0 saturated carbocycles. The molecule has 0 spiro atoms. The maximum absolute atomic E-state index is 11.8. The number of rotatable bonds is 8. The van der Waals surface area contributed by atoms with E-state index in [0.717, 1.165) is 0 Å². The average molecular weight is 354 g/mol. The summed E-state index contributed by atoms with van der Waals surface area (Å²) in [5, 5.41) is 17.3. The van der Waals surface area contributed by atoms with Crippen LogP contribution in [0.2, 0.25) is 0 Å². The van der Waals surface area contributed by atoms with E-state index in [9.17, 15) is 19.7 Å². The normalized spacial score (nSPS) is 10.5. The Morgan fingerprint density at radius 2 is 1.77 bits per heavy atom. The third-order valence-corrected chi connectivity index (χ3v) is 3.43. The van der Waals surface area contributed by atoms with E-state index in [0.29, 0.717) is 24.1 Å². The smallest absolute Gasteiger partial charge is 0.278 e. The second-order valence-electron chi connectivity index (χ2n) is 5.33. The Balaban J connectivity index is 1.71. The van der Waals surface area contributed by atoms with Crippen LogP contribution in [0.1, 0.15) is 28.8 Å². The second kappa shape index (κ2) is 9.67. The quantitative estimate of drug-likeness (QED) is 0.327. The molecule has 0 heterocycles. The van der Waals surface area contributed by atoms with E-state index in [4.69, 9.17) is 0 Å². The van der Waals surface area contributed by atoms with Crippen LogP contribution in [-0.4, -0.2) is 29.5 Å². The highest BCUT2D eigenvalue weighted by Crippen LogP contribution is 2.14. The first-order chi connectivity index (χ1) is 12.6. The molecule has 0 bridgehead atoms. The van der Waals surface area contributed by atoms with Crippen LogP contribution in [0.4, 0.5) is 5.69 Å². The summed E-state index contributed by atoms with van der Waals surface area (Å²) >= 11 is 0. The molecule has 2 aromatic carbocycles. The van der Waals surface area contributed by atoms with E-state index in [2.05, 4.69) is 15.8 Å². The minimum Gasteiger partial charge on any atom is -0.352 e. The Kier molecular flexibility index (Phi) is 6.99. The number of carbonyl (C=O) groups excluding carboxylic acids is 2. The molecule has 8 heteroatoms. The predicted octanol–water partition coefficient (Wildman–Crippen LogP) is 2.26. The van der Waals surface area contributed by atoms with Crippen LogP contribution in [0.25, 0.3) is 0 Å². The van der Waals surface area contributed by atoms with Gasteiger partial charge in [-0.2, -0.15) is 5.10 Å². The van der Waals surface area contributed by atoms with Crippen molar-refractivity contribution < 1.29 is 14.5 Å². The molecule has 0 radical (unpaired) electrons. The highest BCUT2D eigenvalue weighted by atomic mass is 16.6. The van der Waals surface area contributed by atoms with Crippen molar-refractivity contribution in [3.63, 3.8) is 0 Å². The fourth-order valence-electron chi connectivity index (χ4n) is 2.14. The summed E-state index contributed by atoms with van der Waals surface area (Å²) in [6.07, 6.45) is 1.85. The molecule has 0 atom stereocenters. The number of amides is 2. The standard InChI is InChI=1S/C18H18N4O4/c23-17(11-6-12-19-18(24)14-7-2-1-3-8-14)21-20-13-15-9-4-5-10-16(15)22(25)26/h1-5,7-10,13H,6,11-12H2,(H,19,24)(H,21,23). The Bertz CT molecular complexity index is 806. The number of hydrogen-bond acceptors (Lipinski definition) is 5. The van der Waals surface area contributed by atoms with Gasteiger partial charge in [-0.3, -0.25) is 19.7 Å². The third-order valence-electron chi connectivity index (χ3n) is 3.43. The molecule has 0 unspecified atom stereocenters. The van der Waals surface area contributed by atoms with Gasteiger partial charge in [-0.25, -0.2) is 5.43 Å². The van der Waals surface area contributed by atoms with Crippen molar-refractivity contribution in [2.75, 3.05) is 6.54 Å². The van der Waals surface area contributed by atoms with E-state index < -0.39 is 4.92 Å². The summed E-state index contributed by atoms with van der Waals surface area (Å²) in [4.78, 5) is 33.9. The highest BCUT2D eigenvalue weighted by molar-refractivity contribution is 5.94. The molecular weight excluding hydrogens is 336 g/mol. The minimum atomic E-state index is -0.515. The number of nitrogens with zero attached hydrogens (tertiary/aromatic N) is 2. The average Bonchev–Trinajstić information content (AvgIpc) is 2.66. The van der Waals surface area contributed by atoms with E-state index in [1.54, 1.807) is 36.4 Å². The molecule has 8 nitrogen and oxygen atoms in total. The third kappa shape index (κ3) is 5.82. The van der Waals surface area contributed by atoms with Crippen LogP contribution < -0.4 is 10.7 Å². The maximum Gasteiger partial charge on any atom is 0.278 e. The fourth-order valence-corrected chi connectivity index (χ4v) is 2.14. The van der Waals surface area contributed by atoms with Gasteiger partial charge in [-0.05, 0) is 24.6 Å². The molecule has 0 aromatic heterocycles. The summed E-state index contributed by atoms with van der Waals surface area (Å²) in [5.74, 6) is -0.533. The number of carbonyl (C=O) groups is 2. The summed E-state index contributed by atoms with van der Waals surface area (Å²) in [7, 11) is 0. The maximum atomic E-state index is 11.8. The van der Waals surface area contributed by atoms with Crippen LogP contribution in [0, 0.1) is 10.1 Å². The van der Waals surface area contributed by atoms with Gasteiger partial charge in [0.2, 0.25) is 5.91 Å². The molecule has 0 aliphatic rings. The lowest BCUT2D eigenvalue weighted by Crippen LogP contribution is -2.26. The number of nitrogens with one attached hydrogen (secondary N) is 2. The van der Waals surface area contributed by atoms with E-state index >= 15 is 0 Å². The largest absolute Gasteiger partial charge is 0.352 e. The molecule has 2 N–H and O–H groups in total. The van der Waals surface area contributed by atoms with Crippen molar-refractivity contribution >= 4 is 23.7 Å². The van der Waals surface area contributed by atoms with Gasteiger partial charge in [-0.15, -0.1) is 0 Å². The molecule has 2 amide bonds. The molecular formula is C18H18N4O4. The molecule has 134 valence electrons. The molecule has 26 heavy (non-hydrogen) atoms. The topological polar surface area (TPSA) is 114 Å². The summed E-state index contributed by atoms with van der Waals surface area (Å²) < 4.78 is 0. The Morgan fingerprint density at radius 1 is 1.08 bits per heavy atom. The first-order valence-corrected chi connectivity index (χ1v) is 7.96. The van der Waals surface area contributed by atoms with Crippen molar-refractivity contribution in [2.45, 2.75) is 12.8 Å². The predicted molar refractivity (Wildman–Crippen MR) is 96.8 cm³/mol. The number of nitro groups is 1. The summed E-state index contributed by atoms with van der Waals surface area (Å²) in [6.45, 7) is 0.356. The molecule has 2 rings (SSSR count). The summed E-state index contributed by atoms with van der Waals surface area (Å²) in [5.41, 5.74) is 3.08. The number of para-hydroxylation sites is 1. The van der Waals surface area contributed by atoms with Crippen molar-refractivity contribution in [3.05, 3.63) is 75.8 Å². The van der Waals surface area contributed by atoms with Crippen LogP contribution in [0.5, 0.6) is 0 Å². The van der Waals surface area contributed by atoms with E-state index in [1.807, 2.05) is 6.07 Å².